The highest BCUT2D eigenvalue weighted by Crippen LogP contribution is 2.40. The lowest BCUT2D eigenvalue weighted by molar-refractivity contribution is 1.31. The molecule has 6 aromatic heterocycles. The van der Waals surface area contributed by atoms with Gasteiger partial charge in [-0.2, -0.15) is 0 Å². The number of hydrogen-bond acceptors (Lipinski definition) is 1. The van der Waals surface area contributed by atoms with Crippen LogP contribution in [0.5, 0.6) is 0 Å². The fourth-order valence-corrected chi connectivity index (χ4v) is 9.35. The molecular weight excluding hydrogens is 659 g/mol. The standard InChI is InChI=1S/C49H29N5/c1-2-15-36-32(12-1)33-13-4-8-19-44(33)54-47-38-23-21-31(26-41(38)51-48(47)52-49(36)54)29-11-9-10-28(24-29)30-20-22-35-39(25-30)34-14-5-7-18-43(34)53-45(35)27-42-46(53)37-16-3-6-17-40(37)50-42/h1-27,50-51H. The molecule has 0 bridgehead atoms. The normalized spacial score (nSPS) is 12.4. The Morgan fingerprint density at radius 1 is 0.333 bits per heavy atom. The Morgan fingerprint density at radius 2 is 0.926 bits per heavy atom. The Hall–Kier alpha value is -7.37. The highest BCUT2D eigenvalue weighted by Gasteiger charge is 2.19. The molecule has 6 heterocycles. The zero-order chi connectivity index (χ0) is 35.1. The average Bonchev–Trinajstić information content (AvgIpc) is 3.99. The average molecular weight is 688 g/mol. The quantitative estimate of drug-likeness (QED) is 0.175. The molecule has 54 heavy (non-hydrogen) atoms. The number of para-hydroxylation sites is 3. The number of rotatable bonds is 2. The van der Waals surface area contributed by atoms with E-state index in [9.17, 15) is 0 Å². The lowest BCUT2D eigenvalue weighted by atomic mass is 9.95. The number of H-pyrrole nitrogens is 2. The van der Waals surface area contributed by atoms with Gasteiger partial charge in [0, 0.05) is 43.4 Å². The first-order valence-electron chi connectivity index (χ1n) is 18.5. The predicted octanol–water partition coefficient (Wildman–Crippen LogP) is 12.8. The van der Waals surface area contributed by atoms with Gasteiger partial charge in [0.15, 0.2) is 5.65 Å². The van der Waals surface area contributed by atoms with E-state index in [4.69, 9.17) is 4.98 Å². The molecule has 0 amide bonds. The summed E-state index contributed by atoms with van der Waals surface area (Å²) in [7, 11) is 0. The number of imidazole rings is 1. The van der Waals surface area contributed by atoms with E-state index in [2.05, 4.69) is 183 Å². The van der Waals surface area contributed by atoms with Gasteiger partial charge in [0.05, 0.1) is 33.1 Å². The number of aromatic amines is 2. The molecule has 5 nitrogen and oxygen atoms in total. The van der Waals surface area contributed by atoms with Crippen molar-refractivity contribution >= 4 is 98.5 Å². The third-order valence-corrected chi connectivity index (χ3v) is 11.7. The molecule has 0 saturated heterocycles. The fourth-order valence-electron chi connectivity index (χ4n) is 9.35. The Kier molecular flexibility index (Phi) is 5.31. The molecule has 0 aliphatic heterocycles. The summed E-state index contributed by atoms with van der Waals surface area (Å²) in [5.74, 6) is 0. The van der Waals surface area contributed by atoms with Gasteiger partial charge in [-0.25, -0.2) is 4.98 Å². The minimum Gasteiger partial charge on any atom is -0.353 e. The van der Waals surface area contributed by atoms with E-state index in [0.717, 1.165) is 38.7 Å². The highest BCUT2D eigenvalue weighted by molar-refractivity contribution is 6.20. The summed E-state index contributed by atoms with van der Waals surface area (Å²) in [6.45, 7) is 0. The van der Waals surface area contributed by atoms with Crippen LogP contribution >= 0.6 is 0 Å². The molecule has 0 unspecified atom stereocenters. The third kappa shape index (κ3) is 3.65. The summed E-state index contributed by atoms with van der Waals surface area (Å²) in [4.78, 5) is 12.5. The second kappa shape index (κ2) is 10.1. The van der Waals surface area contributed by atoms with Crippen molar-refractivity contribution in [2.24, 2.45) is 0 Å². The molecule has 7 aromatic carbocycles. The zero-order valence-electron chi connectivity index (χ0n) is 28.9. The maximum absolute atomic E-state index is 5.18. The molecule has 0 aliphatic rings. The number of hydrogen-bond donors (Lipinski definition) is 2. The van der Waals surface area contributed by atoms with Gasteiger partial charge in [-0.1, -0.05) is 121 Å². The minimum atomic E-state index is 0.906. The molecule has 250 valence electrons. The van der Waals surface area contributed by atoms with Crippen LogP contribution in [-0.2, 0) is 0 Å². The molecule has 13 rings (SSSR count). The second-order valence-electron chi connectivity index (χ2n) is 14.6. The number of benzene rings is 7. The summed E-state index contributed by atoms with van der Waals surface area (Å²) in [6.07, 6.45) is 0. The third-order valence-electron chi connectivity index (χ3n) is 11.7. The molecule has 0 saturated carbocycles. The maximum atomic E-state index is 5.18. The van der Waals surface area contributed by atoms with Crippen molar-refractivity contribution in [3.8, 4) is 22.3 Å². The van der Waals surface area contributed by atoms with E-state index in [1.54, 1.807) is 0 Å². The van der Waals surface area contributed by atoms with Gasteiger partial charge in [0.1, 0.15) is 5.65 Å². The van der Waals surface area contributed by atoms with Crippen molar-refractivity contribution < 1.29 is 0 Å². The van der Waals surface area contributed by atoms with Gasteiger partial charge in [0.25, 0.3) is 0 Å². The molecule has 0 aliphatic carbocycles. The summed E-state index contributed by atoms with van der Waals surface area (Å²) >= 11 is 0. The van der Waals surface area contributed by atoms with Crippen LogP contribution in [0.1, 0.15) is 0 Å². The van der Waals surface area contributed by atoms with Gasteiger partial charge in [-0.3, -0.25) is 4.40 Å². The van der Waals surface area contributed by atoms with Crippen LogP contribution in [0.2, 0.25) is 0 Å². The summed E-state index contributed by atoms with van der Waals surface area (Å²) in [5, 5.41) is 9.78. The lowest BCUT2D eigenvalue weighted by Gasteiger charge is -2.12. The van der Waals surface area contributed by atoms with E-state index in [1.807, 2.05) is 0 Å². The minimum absolute atomic E-state index is 0.906. The molecular formula is C49H29N5. The van der Waals surface area contributed by atoms with Crippen molar-refractivity contribution in [1.29, 1.82) is 0 Å². The van der Waals surface area contributed by atoms with E-state index in [-0.39, 0.29) is 0 Å². The Balaban J connectivity index is 0.964. The Morgan fingerprint density at radius 3 is 1.74 bits per heavy atom. The first-order chi connectivity index (χ1) is 26.8. The SMILES string of the molecule is c1cc(-c2ccc3c(c2)[nH]c2nc4c5ccccc5c5ccccc5n4c23)cc(-c2ccc3c(c2)c2ccccc2n2c3cc3[nH]c4ccccc4c32)c1. The van der Waals surface area contributed by atoms with Crippen LogP contribution in [0.15, 0.2) is 164 Å². The monoisotopic (exact) mass is 687 g/mol. The van der Waals surface area contributed by atoms with Crippen LogP contribution in [0.3, 0.4) is 0 Å². The van der Waals surface area contributed by atoms with E-state index in [0.29, 0.717) is 0 Å². The molecule has 2 N–H and O–H groups in total. The number of aromatic nitrogens is 5. The molecule has 13 aromatic rings. The van der Waals surface area contributed by atoms with Gasteiger partial charge < -0.3 is 14.4 Å². The maximum Gasteiger partial charge on any atom is 0.158 e. The van der Waals surface area contributed by atoms with Crippen molar-refractivity contribution in [2.45, 2.75) is 0 Å². The number of nitrogens with zero attached hydrogens (tertiary/aromatic N) is 3. The van der Waals surface area contributed by atoms with Crippen molar-refractivity contribution in [3.63, 3.8) is 0 Å². The van der Waals surface area contributed by atoms with E-state index < -0.39 is 0 Å². The van der Waals surface area contributed by atoms with Crippen molar-refractivity contribution in [1.82, 2.24) is 23.8 Å². The largest absolute Gasteiger partial charge is 0.353 e. The Bertz CT molecular complexity index is 3680. The molecule has 0 atom stereocenters. The zero-order valence-corrected chi connectivity index (χ0v) is 28.9. The molecule has 0 spiro atoms. The smallest absolute Gasteiger partial charge is 0.158 e. The van der Waals surface area contributed by atoms with Crippen molar-refractivity contribution in [3.05, 3.63) is 164 Å². The number of fused-ring (bicyclic) bond motifs is 20. The Labute approximate surface area is 307 Å². The van der Waals surface area contributed by atoms with E-state index >= 15 is 0 Å². The first kappa shape index (κ1) is 28.2. The fraction of sp³-hybridized carbons (Fsp3) is 0. The van der Waals surface area contributed by atoms with Crippen LogP contribution < -0.4 is 0 Å². The van der Waals surface area contributed by atoms with Gasteiger partial charge in [-0.05, 0) is 75.5 Å². The van der Waals surface area contributed by atoms with Gasteiger partial charge in [-0.15, -0.1) is 0 Å². The number of nitrogens with one attached hydrogen (secondary N) is 2. The van der Waals surface area contributed by atoms with E-state index in [1.165, 1.54) is 82.0 Å². The van der Waals surface area contributed by atoms with Gasteiger partial charge in [0.2, 0.25) is 0 Å². The van der Waals surface area contributed by atoms with Crippen LogP contribution in [0, 0.1) is 0 Å². The lowest BCUT2D eigenvalue weighted by Crippen LogP contribution is -1.91. The first-order valence-corrected chi connectivity index (χ1v) is 18.5. The van der Waals surface area contributed by atoms with Crippen LogP contribution in [0.4, 0.5) is 0 Å². The molecule has 5 heteroatoms. The predicted molar refractivity (Wildman–Crippen MR) is 226 cm³/mol. The number of pyridine rings is 2. The summed E-state index contributed by atoms with van der Waals surface area (Å²) in [5.41, 5.74) is 16.0. The summed E-state index contributed by atoms with van der Waals surface area (Å²) < 4.78 is 4.77. The summed E-state index contributed by atoms with van der Waals surface area (Å²) in [6, 6.07) is 59.6. The van der Waals surface area contributed by atoms with Gasteiger partial charge >= 0.3 is 0 Å². The highest BCUT2D eigenvalue weighted by atomic mass is 15.1. The van der Waals surface area contributed by atoms with Crippen molar-refractivity contribution in [2.75, 3.05) is 0 Å². The topological polar surface area (TPSA) is 53.3 Å². The van der Waals surface area contributed by atoms with Crippen LogP contribution in [-0.4, -0.2) is 23.8 Å². The molecule has 0 radical (unpaired) electrons. The molecule has 0 fully saturated rings. The van der Waals surface area contributed by atoms with Crippen LogP contribution in [0.25, 0.3) is 121 Å². The second-order valence-corrected chi connectivity index (χ2v) is 14.6.